The highest BCUT2D eigenvalue weighted by molar-refractivity contribution is 6.06. The fourth-order valence-corrected chi connectivity index (χ4v) is 9.25. The van der Waals surface area contributed by atoms with E-state index in [4.69, 9.17) is 23.9 Å². The summed E-state index contributed by atoms with van der Waals surface area (Å²) >= 11 is 0. The van der Waals surface area contributed by atoms with Crippen LogP contribution in [0.5, 0.6) is 5.75 Å². The highest BCUT2D eigenvalue weighted by Gasteiger charge is 2.40. The summed E-state index contributed by atoms with van der Waals surface area (Å²) in [6.07, 6.45) is 10.2. The van der Waals surface area contributed by atoms with E-state index in [0.29, 0.717) is 80.9 Å². The first kappa shape index (κ1) is 52.3. The third kappa shape index (κ3) is 14.3. The number of unbranched alkanes of at least 4 members (excludes halogenated alkanes) is 3. The summed E-state index contributed by atoms with van der Waals surface area (Å²) in [5, 5.41) is 23.2. The molecule has 5 amide bonds. The van der Waals surface area contributed by atoms with Crippen molar-refractivity contribution in [3.05, 3.63) is 119 Å². The Labute approximate surface area is 425 Å². The maximum Gasteiger partial charge on any atom is 0.255 e. The molecule has 2 aromatic heterocycles. The second-order valence-corrected chi connectivity index (χ2v) is 18.5. The second kappa shape index (κ2) is 26.1. The largest absolute Gasteiger partial charge is 0.494 e. The molecule has 3 aliphatic heterocycles. The molecule has 2 fully saturated rings. The molecule has 0 bridgehead atoms. The topological polar surface area (TPSA) is 240 Å². The van der Waals surface area contributed by atoms with Gasteiger partial charge in [0.2, 0.25) is 17.7 Å². The third-order valence-corrected chi connectivity index (χ3v) is 13.3. The molecule has 5 aromatic rings. The average molecular weight is 999 g/mol. The fraction of sp³-hybridized carbons (Fsp3) is 0.444. The van der Waals surface area contributed by atoms with Crippen LogP contribution in [0.25, 0.3) is 11.4 Å². The van der Waals surface area contributed by atoms with Crippen molar-refractivity contribution in [2.45, 2.75) is 95.3 Å². The van der Waals surface area contributed by atoms with Crippen LogP contribution >= 0.6 is 0 Å². The van der Waals surface area contributed by atoms with Crippen LogP contribution in [0.4, 0.5) is 11.4 Å². The zero-order valence-corrected chi connectivity index (χ0v) is 41.4. The molecule has 386 valence electrons. The van der Waals surface area contributed by atoms with Crippen molar-refractivity contribution in [1.29, 1.82) is 0 Å². The summed E-state index contributed by atoms with van der Waals surface area (Å²) < 4.78 is 23.0. The van der Waals surface area contributed by atoms with Crippen molar-refractivity contribution >= 4 is 40.9 Å². The number of fused-ring (bicyclic) bond motifs is 1. The highest BCUT2D eigenvalue weighted by atomic mass is 16.5. The highest BCUT2D eigenvalue weighted by Crippen LogP contribution is 2.35. The van der Waals surface area contributed by atoms with E-state index in [1.165, 1.54) is 4.90 Å². The van der Waals surface area contributed by atoms with Crippen LogP contribution in [0.2, 0.25) is 0 Å². The minimum atomic E-state index is -0.716. The van der Waals surface area contributed by atoms with Gasteiger partial charge < -0.3 is 45.1 Å². The van der Waals surface area contributed by atoms with Gasteiger partial charge in [-0.2, -0.15) is 5.10 Å². The van der Waals surface area contributed by atoms with Gasteiger partial charge in [-0.25, -0.2) is 4.98 Å². The van der Waals surface area contributed by atoms with Crippen LogP contribution in [-0.2, 0) is 40.7 Å². The summed E-state index contributed by atoms with van der Waals surface area (Å²) in [6, 6.07) is 23.4. The number of amides is 5. The van der Waals surface area contributed by atoms with Crippen LogP contribution < -0.4 is 31.3 Å². The Morgan fingerprint density at radius 1 is 0.822 bits per heavy atom. The van der Waals surface area contributed by atoms with E-state index in [1.54, 1.807) is 30.6 Å². The van der Waals surface area contributed by atoms with Gasteiger partial charge in [0.15, 0.2) is 11.6 Å². The van der Waals surface area contributed by atoms with Crippen molar-refractivity contribution in [2.75, 3.05) is 70.0 Å². The van der Waals surface area contributed by atoms with Gasteiger partial charge in [-0.3, -0.25) is 39.4 Å². The molecule has 2 saturated heterocycles. The van der Waals surface area contributed by atoms with Gasteiger partial charge >= 0.3 is 0 Å². The molecular weight excluding hydrogens is 933 g/mol. The van der Waals surface area contributed by atoms with Gasteiger partial charge in [0.1, 0.15) is 11.8 Å². The van der Waals surface area contributed by atoms with Crippen LogP contribution in [0.15, 0.2) is 91.3 Å². The number of imide groups is 1. The molecule has 2 atom stereocenters. The lowest BCUT2D eigenvalue weighted by Crippen LogP contribution is -2.52. The lowest BCUT2D eigenvalue weighted by Gasteiger charge is -2.37. The Kier molecular flexibility index (Phi) is 18.7. The van der Waals surface area contributed by atoms with E-state index in [2.05, 4.69) is 41.8 Å². The molecule has 8 rings (SSSR count). The Morgan fingerprint density at radius 2 is 1.53 bits per heavy atom. The number of piperidine rings is 2. The summed E-state index contributed by atoms with van der Waals surface area (Å²) in [4.78, 5) is 73.7. The van der Waals surface area contributed by atoms with Crippen molar-refractivity contribution in [3.63, 3.8) is 0 Å². The Balaban J connectivity index is 0.629. The number of nitrogens with one attached hydrogen (secondary N) is 6. The molecular formula is C54H66N10O9. The first-order valence-corrected chi connectivity index (χ1v) is 25.4. The lowest BCUT2D eigenvalue weighted by atomic mass is 9.87. The molecule has 5 heterocycles. The van der Waals surface area contributed by atoms with E-state index < -0.39 is 17.5 Å². The van der Waals surface area contributed by atoms with Crippen LogP contribution in [0, 0.1) is 0 Å². The second-order valence-electron chi connectivity index (χ2n) is 18.5. The minimum Gasteiger partial charge on any atom is -0.494 e. The molecule has 19 nitrogen and oxygen atoms in total. The summed E-state index contributed by atoms with van der Waals surface area (Å²) in [5.41, 5.74) is 4.44. The molecule has 2 unspecified atom stereocenters. The Hall–Kier alpha value is -7.06. The van der Waals surface area contributed by atoms with Gasteiger partial charge in [-0.15, -0.1) is 0 Å². The van der Waals surface area contributed by atoms with Crippen molar-refractivity contribution in [3.8, 4) is 17.1 Å². The molecule has 6 N–H and O–H groups in total. The lowest BCUT2D eigenvalue weighted by molar-refractivity contribution is -0.137. The fourth-order valence-electron chi connectivity index (χ4n) is 9.25. The molecule has 0 radical (unpaired) electrons. The Bertz CT molecular complexity index is 2640. The first-order valence-electron chi connectivity index (χ1n) is 25.4. The normalized spacial score (nSPS) is 16.6. The maximum absolute atomic E-state index is 13.5. The molecule has 73 heavy (non-hydrogen) atoms. The maximum atomic E-state index is 13.5. The summed E-state index contributed by atoms with van der Waals surface area (Å²) in [7, 11) is 0. The van der Waals surface area contributed by atoms with Gasteiger partial charge in [0.05, 0.1) is 44.6 Å². The zero-order valence-electron chi connectivity index (χ0n) is 41.4. The average Bonchev–Trinajstić information content (AvgIpc) is 4.04. The van der Waals surface area contributed by atoms with Crippen molar-refractivity contribution < 1.29 is 42.9 Å². The smallest absolute Gasteiger partial charge is 0.255 e. The van der Waals surface area contributed by atoms with Crippen molar-refractivity contribution in [1.82, 2.24) is 41.0 Å². The molecule has 19 heteroatoms. The number of carbonyl (C=O) groups excluding carboxylic acids is 5. The number of H-pyrrole nitrogens is 1. The third-order valence-electron chi connectivity index (χ3n) is 13.3. The number of aromatic amines is 1. The van der Waals surface area contributed by atoms with E-state index in [9.17, 15) is 24.0 Å². The van der Waals surface area contributed by atoms with Gasteiger partial charge in [0.25, 0.3) is 11.8 Å². The predicted octanol–water partition coefficient (Wildman–Crippen LogP) is 6.22. The first-order chi connectivity index (χ1) is 35.7. The van der Waals surface area contributed by atoms with E-state index >= 15 is 0 Å². The van der Waals surface area contributed by atoms with Crippen molar-refractivity contribution in [2.24, 2.45) is 0 Å². The number of benzene rings is 3. The number of hydrogen-bond acceptors (Lipinski definition) is 14. The minimum absolute atomic E-state index is 0.161. The molecule has 0 aliphatic carbocycles. The Morgan fingerprint density at radius 3 is 2.29 bits per heavy atom. The monoisotopic (exact) mass is 999 g/mol. The predicted molar refractivity (Wildman–Crippen MR) is 273 cm³/mol. The number of ether oxygens (including phenoxy) is 4. The van der Waals surface area contributed by atoms with E-state index in [-0.39, 0.29) is 55.5 Å². The van der Waals surface area contributed by atoms with Crippen LogP contribution in [0.3, 0.4) is 0 Å². The number of aromatic nitrogens is 4. The SMILES string of the molecule is CC(NC(=O)c1cccc(NC2(c3nc(-c4ccncc4)n[nH]3)CCNCC2)c1)c1ccc(OCCCCCCOCCOCCOCCCC(=O)Nc2cccc3c2CN(C2CCC(=O)NC2=O)C3=O)cc1. The standard InChI is InChI=1S/C54H66N10O9/c1-37(57-50(67)40-9-6-10-41(35-40)61-54(22-26-56-27-23-54)53-60-49(62-63-53)39-20-24-55-25-21-39)38-14-16-42(17-15-38)73-30-5-3-2-4-28-70-31-33-72-34-32-71-29-8-13-47(65)58-45-12-7-11-43-44(45)36-64(52(43)69)46-18-19-48(66)59-51(46)68/h6-7,9-12,14-17,20-21,24-25,35,37,46,56,61H,2-5,8,13,18-19,22-23,26-34,36H2,1H3,(H,57,67)(H,58,65)(H,59,66,68)(H,60,62,63). The zero-order chi connectivity index (χ0) is 50.8. The number of hydrogen-bond donors (Lipinski definition) is 6. The van der Waals surface area contributed by atoms with Gasteiger partial charge in [0, 0.05) is 78.6 Å². The van der Waals surface area contributed by atoms with Crippen LogP contribution in [0.1, 0.15) is 115 Å². The summed E-state index contributed by atoms with van der Waals surface area (Å²) in [5.74, 6) is 0.716. The molecule has 0 spiro atoms. The molecule has 0 saturated carbocycles. The number of rotatable bonds is 27. The van der Waals surface area contributed by atoms with E-state index in [0.717, 1.165) is 80.0 Å². The quantitative estimate of drug-likeness (QED) is 0.0253. The number of carbonyl (C=O) groups is 5. The van der Waals surface area contributed by atoms with Crippen LogP contribution in [-0.4, -0.2) is 120 Å². The molecule has 3 aliphatic rings. The van der Waals surface area contributed by atoms with Gasteiger partial charge in [-0.1, -0.05) is 30.7 Å². The number of nitrogens with zero attached hydrogens (tertiary/aromatic N) is 4. The number of pyridine rings is 1. The van der Waals surface area contributed by atoms with Gasteiger partial charge in [-0.05, 0) is 125 Å². The molecule has 3 aromatic carbocycles. The summed E-state index contributed by atoms with van der Waals surface area (Å²) in [6.45, 7) is 7.30. The number of anilines is 2. The van der Waals surface area contributed by atoms with E-state index in [1.807, 2.05) is 67.6 Å².